The van der Waals surface area contributed by atoms with Gasteiger partial charge in [-0.1, -0.05) is 29.8 Å². The monoisotopic (exact) mass is 323 g/mol. The molecule has 1 heterocycles. The van der Waals surface area contributed by atoms with E-state index in [1.807, 2.05) is 37.3 Å². The number of halogens is 1. The lowest BCUT2D eigenvalue weighted by Crippen LogP contribution is -2.23. The minimum Gasteiger partial charge on any atom is -0.391 e. The van der Waals surface area contributed by atoms with Crippen molar-refractivity contribution in [1.82, 2.24) is 15.1 Å². The highest BCUT2D eigenvalue weighted by Crippen LogP contribution is 2.23. The lowest BCUT2D eigenvalue weighted by Gasteiger charge is -2.10. The number of aliphatic hydroxyl groups is 1. The summed E-state index contributed by atoms with van der Waals surface area (Å²) in [6.45, 7) is 3.61. The molecule has 0 aliphatic carbocycles. The van der Waals surface area contributed by atoms with Crippen LogP contribution in [0, 0.1) is 6.92 Å². The van der Waals surface area contributed by atoms with Crippen LogP contribution in [0.25, 0.3) is 5.69 Å². The summed E-state index contributed by atoms with van der Waals surface area (Å²) in [5, 5.41) is 18.0. The first-order valence-electron chi connectivity index (χ1n) is 7.30. The topological polar surface area (TPSA) is 59.3 Å². The third kappa shape index (κ3) is 4.30. The summed E-state index contributed by atoms with van der Waals surface area (Å²) in [5.41, 5.74) is 2.82. The molecule has 1 unspecified atom stereocenters. The second-order valence-corrected chi connectivity index (χ2v) is 5.53. The van der Waals surface area contributed by atoms with Gasteiger partial charge in [-0.25, -0.2) is 4.68 Å². The average Bonchev–Trinajstić information content (AvgIpc) is 2.80. The molecule has 2 rings (SSSR count). The molecule has 0 aliphatic heterocycles. The molecule has 120 valence electrons. The van der Waals surface area contributed by atoms with E-state index < -0.39 is 6.10 Å². The zero-order chi connectivity index (χ0) is 15.9. The van der Waals surface area contributed by atoms with E-state index in [-0.39, 0.29) is 0 Å². The van der Waals surface area contributed by atoms with Crippen LogP contribution in [0.5, 0.6) is 0 Å². The van der Waals surface area contributed by atoms with Gasteiger partial charge in [0.1, 0.15) is 5.15 Å². The summed E-state index contributed by atoms with van der Waals surface area (Å²) in [6, 6.07) is 9.81. The number of ether oxygens (including phenoxy) is 1. The molecule has 1 aromatic heterocycles. The van der Waals surface area contributed by atoms with E-state index in [0.29, 0.717) is 31.3 Å². The van der Waals surface area contributed by atoms with Gasteiger partial charge in [0.05, 0.1) is 24.1 Å². The average molecular weight is 324 g/mol. The molecule has 2 aromatic rings. The highest BCUT2D eigenvalue weighted by Gasteiger charge is 2.14. The van der Waals surface area contributed by atoms with E-state index in [2.05, 4.69) is 10.4 Å². The number of rotatable bonds is 8. The molecule has 0 saturated carbocycles. The zero-order valence-electron chi connectivity index (χ0n) is 12.9. The predicted molar refractivity (Wildman–Crippen MR) is 87.5 cm³/mol. The van der Waals surface area contributed by atoms with Crippen molar-refractivity contribution in [2.75, 3.05) is 20.3 Å². The summed E-state index contributed by atoms with van der Waals surface area (Å²) < 4.78 is 6.64. The number of aliphatic hydroxyl groups excluding tert-OH is 1. The van der Waals surface area contributed by atoms with Crippen molar-refractivity contribution in [1.29, 1.82) is 0 Å². The lowest BCUT2D eigenvalue weighted by molar-refractivity contribution is 0.0594. The smallest absolute Gasteiger partial charge is 0.137 e. The molecule has 0 radical (unpaired) electrons. The molecular weight excluding hydrogens is 302 g/mol. The number of methoxy groups -OCH3 is 1. The molecule has 0 saturated heterocycles. The molecule has 0 amide bonds. The Morgan fingerprint density at radius 1 is 1.36 bits per heavy atom. The maximum Gasteiger partial charge on any atom is 0.137 e. The van der Waals surface area contributed by atoms with Gasteiger partial charge in [0.25, 0.3) is 0 Å². The van der Waals surface area contributed by atoms with E-state index in [1.165, 1.54) is 0 Å². The second kappa shape index (κ2) is 8.29. The summed E-state index contributed by atoms with van der Waals surface area (Å²) in [4.78, 5) is 0. The molecule has 6 heteroatoms. The van der Waals surface area contributed by atoms with Crippen LogP contribution in [0.1, 0.15) is 17.7 Å². The van der Waals surface area contributed by atoms with Gasteiger partial charge in [0, 0.05) is 19.2 Å². The Labute approximate surface area is 135 Å². The van der Waals surface area contributed by atoms with Crippen LogP contribution in [0.3, 0.4) is 0 Å². The van der Waals surface area contributed by atoms with E-state index in [4.69, 9.17) is 16.3 Å². The number of para-hydroxylation sites is 1. The Hall–Kier alpha value is -1.40. The number of aromatic nitrogens is 2. The molecule has 22 heavy (non-hydrogen) atoms. The van der Waals surface area contributed by atoms with Crippen LogP contribution < -0.4 is 5.32 Å². The van der Waals surface area contributed by atoms with Crippen LogP contribution in [0.4, 0.5) is 0 Å². The number of hydrogen-bond donors (Lipinski definition) is 2. The molecule has 2 N–H and O–H groups in total. The molecule has 5 nitrogen and oxygen atoms in total. The van der Waals surface area contributed by atoms with Crippen molar-refractivity contribution in [2.24, 2.45) is 0 Å². The van der Waals surface area contributed by atoms with Crippen LogP contribution >= 0.6 is 11.6 Å². The minimum absolute atomic E-state index is 0.355. The molecular formula is C16H22ClN3O2. The fourth-order valence-electron chi connectivity index (χ4n) is 2.23. The fraction of sp³-hybridized carbons (Fsp3) is 0.438. The number of nitrogens with one attached hydrogen (secondary N) is 1. The van der Waals surface area contributed by atoms with E-state index in [9.17, 15) is 5.11 Å². The summed E-state index contributed by atoms with van der Waals surface area (Å²) in [5.74, 6) is 0. The lowest BCUT2D eigenvalue weighted by atomic mass is 10.2. The molecule has 0 bridgehead atoms. The van der Waals surface area contributed by atoms with Crippen molar-refractivity contribution < 1.29 is 9.84 Å². The van der Waals surface area contributed by atoms with Crippen LogP contribution in [0.2, 0.25) is 5.15 Å². The van der Waals surface area contributed by atoms with Crippen LogP contribution in [0.15, 0.2) is 30.3 Å². The highest BCUT2D eigenvalue weighted by atomic mass is 35.5. The van der Waals surface area contributed by atoms with Gasteiger partial charge in [-0.15, -0.1) is 0 Å². The van der Waals surface area contributed by atoms with Gasteiger partial charge >= 0.3 is 0 Å². The zero-order valence-corrected chi connectivity index (χ0v) is 13.7. The molecule has 1 atom stereocenters. The van der Waals surface area contributed by atoms with Crippen LogP contribution in [-0.2, 0) is 11.3 Å². The number of aryl methyl sites for hydroxylation is 1. The summed E-state index contributed by atoms with van der Waals surface area (Å²) in [7, 11) is 1.58. The summed E-state index contributed by atoms with van der Waals surface area (Å²) in [6.07, 6.45) is 0.193. The van der Waals surface area contributed by atoms with Crippen LogP contribution in [-0.4, -0.2) is 41.3 Å². The molecule has 0 aliphatic rings. The third-order valence-corrected chi connectivity index (χ3v) is 3.83. The Kier molecular flexibility index (Phi) is 6.39. The fourth-order valence-corrected chi connectivity index (χ4v) is 2.57. The molecule has 1 aromatic carbocycles. The Bertz CT molecular complexity index is 587. The quantitative estimate of drug-likeness (QED) is 0.732. The van der Waals surface area contributed by atoms with E-state index in [0.717, 1.165) is 16.9 Å². The number of hydrogen-bond acceptors (Lipinski definition) is 4. The van der Waals surface area contributed by atoms with Gasteiger partial charge in [0.2, 0.25) is 0 Å². The first kappa shape index (κ1) is 17.0. The molecule has 0 spiro atoms. The predicted octanol–water partition coefficient (Wildman–Crippen LogP) is 2.32. The normalized spacial score (nSPS) is 12.5. The standard InChI is InChI=1S/C16H22ClN3O2/c1-12-15(10-18-9-8-14(21)11-22-2)16(17)20(19-12)13-6-4-3-5-7-13/h3-7,14,18,21H,8-11H2,1-2H3. The maximum absolute atomic E-state index is 9.60. The van der Waals surface area contributed by atoms with Gasteiger partial charge in [-0.05, 0) is 32.0 Å². The van der Waals surface area contributed by atoms with Gasteiger partial charge in [0.15, 0.2) is 0 Å². The first-order chi connectivity index (χ1) is 10.6. The summed E-state index contributed by atoms with van der Waals surface area (Å²) >= 11 is 6.45. The molecule has 0 fully saturated rings. The van der Waals surface area contributed by atoms with Crippen molar-refractivity contribution in [2.45, 2.75) is 26.0 Å². The SMILES string of the molecule is COCC(O)CCNCc1c(C)nn(-c2ccccc2)c1Cl. The van der Waals surface area contributed by atoms with Crippen molar-refractivity contribution in [3.05, 3.63) is 46.7 Å². The van der Waals surface area contributed by atoms with Gasteiger partial charge < -0.3 is 15.2 Å². The minimum atomic E-state index is -0.443. The van der Waals surface area contributed by atoms with Crippen molar-refractivity contribution in [3.63, 3.8) is 0 Å². The number of benzene rings is 1. The third-order valence-electron chi connectivity index (χ3n) is 3.44. The van der Waals surface area contributed by atoms with Gasteiger partial charge in [-0.2, -0.15) is 5.10 Å². The number of nitrogens with zero attached hydrogens (tertiary/aromatic N) is 2. The Morgan fingerprint density at radius 2 is 2.09 bits per heavy atom. The van der Waals surface area contributed by atoms with Gasteiger partial charge in [-0.3, -0.25) is 0 Å². The first-order valence-corrected chi connectivity index (χ1v) is 7.68. The second-order valence-electron chi connectivity index (χ2n) is 5.18. The van der Waals surface area contributed by atoms with Crippen molar-refractivity contribution in [3.8, 4) is 5.69 Å². The highest BCUT2D eigenvalue weighted by molar-refractivity contribution is 6.30. The van der Waals surface area contributed by atoms with E-state index >= 15 is 0 Å². The van der Waals surface area contributed by atoms with Crippen molar-refractivity contribution >= 4 is 11.6 Å². The largest absolute Gasteiger partial charge is 0.391 e. The maximum atomic E-state index is 9.60. The Morgan fingerprint density at radius 3 is 2.77 bits per heavy atom. The van der Waals surface area contributed by atoms with E-state index in [1.54, 1.807) is 11.8 Å². The Balaban J connectivity index is 1.96.